The van der Waals surface area contributed by atoms with Gasteiger partial charge < -0.3 is 10.4 Å². The predicted molar refractivity (Wildman–Crippen MR) is 77.0 cm³/mol. The summed E-state index contributed by atoms with van der Waals surface area (Å²) in [6, 6.07) is 10.4. The average molecular weight is 321 g/mol. The molecule has 1 unspecified atom stereocenters. The van der Waals surface area contributed by atoms with E-state index in [4.69, 9.17) is 0 Å². The van der Waals surface area contributed by atoms with Gasteiger partial charge in [0.25, 0.3) is 5.91 Å². The Balaban J connectivity index is 2.24. The van der Waals surface area contributed by atoms with Gasteiger partial charge in [0.2, 0.25) is 0 Å². The molecule has 1 aromatic heterocycles. The van der Waals surface area contributed by atoms with Crippen LogP contribution >= 0.6 is 15.9 Å². The van der Waals surface area contributed by atoms with E-state index in [0.717, 1.165) is 0 Å². The monoisotopic (exact) mass is 320 g/mol. The highest BCUT2D eigenvalue weighted by atomic mass is 79.9. The minimum atomic E-state index is -0.638. The molecule has 0 spiro atoms. The number of carbonyl (C=O) groups excluding carboxylic acids is 1. The Morgan fingerprint density at radius 3 is 2.79 bits per heavy atom. The van der Waals surface area contributed by atoms with Crippen molar-refractivity contribution in [3.63, 3.8) is 0 Å². The van der Waals surface area contributed by atoms with Crippen LogP contribution in [0.1, 0.15) is 28.9 Å². The van der Waals surface area contributed by atoms with E-state index in [1.54, 1.807) is 37.4 Å². The van der Waals surface area contributed by atoms with Crippen molar-refractivity contribution in [2.75, 3.05) is 5.32 Å². The Kier molecular flexibility index (Phi) is 4.29. The van der Waals surface area contributed by atoms with Crippen LogP contribution in [0.5, 0.6) is 0 Å². The number of para-hydroxylation sites is 1. The first kappa shape index (κ1) is 13.7. The summed E-state index contributed by atoms with van der Waals surface area (Å²) in [7, 11) is 0. The number of aromatic nitrogens is 1. The molecular weight excluding hydrogens is 308 g/mol. The largest absolute Gasteiger partial charge is 0.389 e. The molecule has 19 heavy (non-hydrogen) atoms. The topological polar surface area (TPSA) is 62.2 Å². The Morgan fingerprint density at radius 1 is 1.37 bits per heavy atom. The van der Waals surface area contributed by atoms with Crippen LogP contribution in [-0.4, -0.2) is 16.0 Å². The maximum atomic E-state index is 12.1. The Morgan fingerprint density at radius 2 is 2.11 bits per heavy atom. The molecule has 2 aromatic rings. The van der Waals surface area contributed by atoms with Crippen LogP contribution in [0.2, 0.25) is 0 Å². The van der Waals surface area contributed by atoms with Crippen molar-refractivity contribution in [3.8, 4) is 0 Å². The molecule has 0 radical (unpaired) electrons. The number of rotatable bonds is 3. The quantitative estimate of drug-likeness (QED) is 0.854. The molecule has 0 fully saturated rings. The number of hydrogen-bond acceptors (Lipinski definition) is 3. The Hall–Kier alpha value is -1.72. The molecule has 2 N–H and O–H groups in total. The lowest BCUT2D eigenvalue weighted by Crippen LogP contribution is -2.14. The van der Waals surface area contributed by atoms with Crippen molar-refractivity contribution < 1.29 is 9.90 Å². The molecule has 98 valence electrons. The number of carbonyl (C=O) groups is 1. The van der Waals surface area contributed by atoms with Crippen molar-refractivity contribution in [1.82, 2.24) is 4.98 Å². The van der Waals surface area contributed by atoms with E-state index >= 15 is 0 Å². The molecule has 5 heteroatoms. The third kappa shape index (κ3) is 3.39. The second kappa shape index (κ2) is 5.95. The lowest BCUT2D eigenvalue weighted by Gasteiger charge is -2.13. The molecule has 0 saturated heterocycles. The van der Waals surface area contributed by atoms with Crippen LogP contribution in [0.3, 0.4) is 0 Å². The predicted octanol–water partition coefficient (Wildman–Crippen LogP) is 3.15. The van der Waals surface area contributed by atoms with Crippen LogP contribution in [0.15, 0.2) is 47.2 Å². The van der Waals surface area contributed by atoms with Crippen molar-refractivity contribution in [2.45, 2.75) is 13.0 Å². The molecule has 1 heterocycles. The van der Waals surface area contributed by atoms with Gasteiger partial charge >= 0.3 is 0 Å². The molecule has 0 aliphatic carbocycles. The van der Waals surface area contributed by atoms with Gasteiger partial charge in [-0.2, -0.15) is 0 Å². The molecule has 1 aromatic carbocycles. The van der Waals surface area contributed by atoms with E-state index in [0.29, 0.717) is 21.4 Å². The first-order valence-electron chi connectivity index (χ1n) is 5.78. The summed E-state index contributed by atoms with van der Waals surface area (Å²) < 4.78 is 0.601. The number of amides is 1. The first-order valence-corrected chi connectivity index (χ1v) is 6.57. The van der Waals surface area contributed by atoms with Crippen LogP contribution in [-0.2, 0) is 0 Å². The minimum Gasteiger partial charge on any atom is -0.389 e. The van der Waals surface area contributed by atoms with Crippen molar-refractivity contribution in [3.05, 3.63) is 58.3 Å². The average Bonchev–Trinajstić information content (AvgIpc) is 2.39. The van der Waals surface area contributed by atoms with Gasteiger partial charge in [-0.1, -0.05) is 18.2 Å². The Labute approximate surface area is 119 Å². The van der Waals surface area contributed by atoms with E-state index < -0.39 is 6.10 Å². The van der Waals surface area contributed by atoms with Gasteiger partial charge in [0.1, 0.15) is 4.60 Å². The van der Waals surface area contributed by atoms with E-state index in [9.17, 15) is 9.90 Å². The second-order valence-electron chi connectivity index (χ2n) is 4.08. The summed E-state index contributed by atoms with van der Waals surface area (Å²) in [5, 5.41) is 12.5. The van der Waals surface area contributed by atoms with Gasteiger partial charge in [-0.3, -0.25) is 4.79 Å². The fourth-order valence-corrected chi connectivity index (χ4v) is 2.08. The molecule has 0 aliphatic rings. The lowest BCUT2D eigenvalue weighted by molar-refractivity contribution is 0.102. The fourth-order valence-electron chi connectivity index (χ4n) is 1.71. The summed E-state index contributed by atoms with van der Waals surface area (Å²) in [6.45, 7) is 1.66. The molecule has 4 nitrogen and oxygen atoms in total. The molecule has 0 aliphatic heterocycles. The summed E-state index contributed by atoms with van der Waals surface area (Å²) in [6.07, 6.45) is 0.917. The van der Waals surface area contributed by atoms with Gasteiger partial charge in [-0.05, 0) is 41.1 Å². The van der Waals surface area contributed by atoms with Gasteiger partial charge in [0.15, 0.2) is 0 Å². The van der Waals surface area contributed by atoms with Crippen LogP contribution in [0.25, 0.3) is 0 Å². The maximum absolute atomic E-state index is 12.1. The van der Waals surface area contributed by atoms with E-state index in [-0.39, 0.29) is 5.91 Å². The number of hydrogen-bond donors (Lipinski definition) is 2. The highest BCUT2D eigenvalue weighted by Gasteiger charge is 2.11. The number of benzene rings is 1. The van der Waals surface area contributed by atoms with Crippen molar-refractivity contribution in [2.24, 2.45) is 0 Å². The van der Waals surface area contributed by atoms with E-state index in [1.807, 2.05) is 12.1 Å². The van der Waals surface area contributed by atoms with Gasteiger partial charge in [0, 0.05) is 23.0 Å². The number of anilines is 1. The third-order valence-electron chi connectivity index (χ3n) is 2.65. The van der Waals surface area contributed by atoms with Crippen LogP contribution in [0, 0.1) is 0 Å². The molecule has 0 bridgehead atoms. The zero-order valence-corrected chi connectivity index (χ0v) is 11.9. The number of aliphatic hydroxyl groups excluding tert-OH is 1. The number of aliphatic hydroxyl groups is 1. The van der Waals surface area contributed by atoms with Crippen LogP contribution in [0.4, 0.5) is 5.69 Å². The van der Waals surface area contributed by atoms with Crippen molar-refractivity contribution >= 4 is 27.5 Å². The highest BCUT2D eigenvalue weighted by Crippen LogP contribution is 2.23. The zero-order valence-electron chi connectivity index (χ0n) is 10.3. The molecule has 1 amide bonds. The van der Waals surface area contributed by atoms with Gasteiger partial charge in [-0.15, -0.1) is 0 Å². The standard InChI is InChI=1S/C14H13BrN2O2/c1-9(18)11-4-2-3-5-12(11)17-14(19)10-6-7-16-13(15)8-10/h2-9,18H,1H3,(H,17,19). The molecular formula is C14H13BrN2O2. The summed E-state index contributed by atoms with van der Waals surface area (Å²) in [5.74, 6) is -0.240. The molecule has 1 atom stereocenters. The third-order valence-corrected chi connectivity index (χ3v) is 3.08. The van der Waals surface area contributed by atoms with Gasteiger partial charge in [-0.25, -0.2) is 4.98 Å². The minimum absolute atomic E-state index is 0.240. The number of nitrogens with one attached hydrogen (secondary N) is 1. The van der Waals surface area contributed by atoms with Gasteiger partial charge in [0.05, 0.1) is 6.10 Å². The highest BCUT2D eigenvalue weighted by molar-refractivity contribution is 9.10. The van der Waals surface area contributed by atoms with E-state index in [2.05, 4.69) is 26.2 Å². The van der Waals surface area contributed by atoms with E-state index in [1.165, 1.54) is 0 Å². The summed E-state index contributed by atoms with van der Waals surface area (Å²) in [5.41, 5.74) is 1.79. The van der Waals surface area contributed by atoms with Crippen molar-refractivity contribution in [1.29, 1.82) is 0 Å². The fraction of sp³-hybridized carbons (Fsp3) is 0.143. The molecule has 2 rings (SSSR count). The van der Waals surface area contributed by atoms with Crippen LogP contribution < -0.4 is 5.32 Å². The zero-order chi connectivity index (χ0) is 13.8. The Bertz CT molecular complexity index is 600. The second-order valence-corrected chi connectivity index (χ2v) is 4.90. The first-order chi connectivity index (χ1) is 9.08. The number of nitrogens with zero attached hydrogens (tertiary/aromatic N) is 1. The number of halogens is 1. The molecule has 0 saturated carbocycles. The summed E-state index contributed by atoms with van der Waals surface area (Å²) in [4.78, 5) is 16.1. The smallest absolute Gasteiger partial charge is 0.255 e. The number of pyridine rings is 1. The maximum Gasteiger partial charge on any atom is 0.255 e. The SMILES string of the molecule is CC(O)c1ccccc1NC(=O)c1ccnc(Br)c1. The normalized spacial score (nSPS) is 11.9. The lowest BCUT2D eigenvalue weighted by atomic mass is 10.1. The summed E-state index contributed by atoms with van der Waals surface area (Å²) >= 11 is 3.22.